The van der Waals surface area contributed by atoms with Crippen LogP contribution in [0, 0.1) is 12.8 Å². The van der Waals surface area contributed by atoms with Crippen LogP contribution in [0.3, 0.4) is 0 Å². The fraction of sp³-hybridized carbons (Fsp3) is 0.630. The van der Waals surface area contributed by atoms with Gasteiger partial charge in [0.1, 0.15) is 5.60 Å². The lowest BCUT2D eigenvalue weighted by Gasteiger charge is -2.54. The normalized spacial score (nSPS) is 26.2. The van der Waals surface area contributed by atoms with Gasteiger partial charge in [0.25, 0.3) is 0 Å². The van der Waals surface area contributed by atoms with Crippen molar-refractivity contribution in [3.8, 4) is 11.5 Å². The van der Waals surface area contributed by atoms with Crippen LogP contribution in [0.2, 0.25) is 0 Å². The van der Waals surface area contributed by atoms with Gasteiger partial charge in [-0.3, -0.25) is 4.79 Å². The number of esters is 2. The number of benzene rings is 1. The second-order valence-electron chi connectivity index (χ2n) is 10.8. The number of carbonyl (C=O) groups is 2. The lowest BCUT2D eigenvalue weighted by molar-refractivity contribution is -0.148. The molecule has 0 radical (unpaired) electrons. The van der Waals surface area contributed by atoms with Crippen LogP contribution in [0.4, 0.5) is 0 Å². The molecule has 1 aromatic carbocycles. The minimum Gasteiger partial charge on any atom is -0.504 e. The van der Waals surface area contributed by atoms with Gasteiger partial charge in [-0.25, -0.2) is 4.79 Å². The standard InChI is InChI=1S/C27H39NO5/c1-17-20(11-12-23(30)33-26(4,5)6)16-22(32-19(3)29)25(31)24(17)27-13-9-8-10-21(27)18(2)28(7)15-14-27/h11-12,16,18,21,31H,8-10,13-15H2,1-7H3/b12-11+/t18?,21?,27-/m1/s1. The second kappa shape index (κ2) is 9.49. The first kappa shape index (κ1) is 25.3. The molecule has 33 heavy (non-hydrogen) atoms. The summed E-state index contributed by atoms with van der Waals surface area (Å²) in [7, 11) is 2.17. The van der Waals surface area contributed by atoms with Crippen LogP contribution >= 0.6 is 0 Å². The van der Waals surface area contributed by atoms with E-state index < -0.39 is 17.5 Å². The third-order valence-electron chi connectivity index (χ3n) is 7.41. The van der Waals surface area contributed by atoms with Crippen molar-refractivity contribution in [1.29, 1.82) is 0 Å². The molecular formula is C27H39NO5. The predicted molar refractivity (Wildman–Crippen MR) is 129 cm³/mol. The topological polar surface area (TPSA) is 76.1 Å². The predicted octanol–water partition coefficient (Wildman–Crippen LogP) is 5.13. The number of hydrogen-bond donors (Lipinski definition) is 1. The molecule has 0 amide bonds. The van der Waals surface area contributed by atoms with Crippen molar-refractivity contribution in [3.63, 3.8) is 0 Å². The average Bonchev–Trinajstić information content (AvgIpc) is 2.71. The van der Waals surface area contributed by atoms with Gasteiger partial charge in [-0.15, -0.1) is 0 Å². The molecular weight excluding hydrogens is 418 g/mol. The Morgan fingerprint density at radius 3 is 2.58 bits per heavy atom. The fourth-order valence-electron chi connectivity index (χ4n) is 5.87. The monoisotopic (exact) mass is 457 g/mol. The lowest BCUT2D eigenvalue weighted by atomic mass is 9.56. The van der Waals surface area contributed by atoms with Crippen molar-refractivity contribution in [2.75, 3.05) is 13.6 Å². The molecule has 0 bridgehead atoms. The Labute approximate surface area is 197 Å². The van der Waals surface area contributed by atoms with Crippen molar-refractivity contribution in [1.82, 2.24) is 4.90 Å². The molecule has 6 heteroatoms. The highest BCUT2D eigenvalue weighted by atomic mass is 16.6. The molecule has 1 N–H and O–H groups in total. The quantitative estimate of drug-likeness (QED) is 0.384. The summed E-state index contributed by atoms with van der Waals surface area (Å²) in [5, 5.41) is 11.4. The summed E-state index contributed by atoms with van der Waals surface area (Å²) in [4.78, 5) is 26.5. The van der Waals surface area contributed by atoms with E-state index in [-0.39, 0.29) is 16.9 Å². The Hall–Kier alpha value is -2.34. The molecule has 1 heterocycles. The average molecular weight is 458 g/mol. The highest BCUT2D eigenvalue weighted by Gasteiger charge is 2.50. The summed E-state index contributed by atoms with van der Waals surface area (Å²) >= 11 is 0. The Morgan fingerprint density at radius 2 is 1.94 bits per heavy atom. The molecule has 2 unspecified atom stereocenters. The first-order valence-electron chi connectivity index (χ1n) is 12.0. The number of hydrogen-bond acceptors (Lipinski definition) is 6. The van der Waals surface area contributed by atoms with Crippen LogP contribution in [0.1, 0.15) is 83.4 Å². The highest BCUT2D eigenvalue weighted by Crippen LogP contribution is 2.56. The van der Waals surface area contributed by atoms with E-state index in [0.717, 1.165) is 48.9 Å². The molecule has 182 valence electrons. The molecule has 0 aromatic heterocycles. The van der Waals surface area contributed by atoms with Crippen molar-refractivity contribution >= 4 is 18.0 Å². The number of likely N-dealkylation sites (tertiary alicyclic amines) is 1. The molecule has 2 aliphatic rings. The van der Waals surface area contributed by atoms with E-state index in [0.29, 0.717) is 12.0 Å². The van der Waals surface area contributed by atoms with Crippen LogP contribution in [-0.4, -0.2) is 47.2 Å². The number of piperidine rings is 1. The smallest absolute Gasteiger partial charge is 0.331 e. The first-order chi connectivity index (χ1) is 15.4. The van der Waals surface area contributed by atoms with E-state index in [9.17, 15) is 14.7 Å². The van der Waals surface area contributed by atoms with Crippen LogP contribution in [-0.2, 0) is 19.7 Å². The zero-order valence-corrected chi connectivity index (χ0v) is 21.2. The van der Waals surface area contributed by atoms with Crippen LogP contribution in [0.5, 0.6) is 11.5 Å². The maximum Gasteiger partial charge on any atom is 0.331 e. The van der Waals surface area contributed by atoms with Crippen molar-refractivity contribution in [2.45, 2.75) is 90.7 Å². The van der Waals surface area contributed by atoms with Gasteiger partial charge in [0.2, 0.25) is 0 Å². The maximum absolute atomic E-state index is 12.3. The van der Waals surface area contributed by atoms with E-state index in [1.165, 1.54) is 19.4 Å². The van der Waals surface area contributed by atoms with Crippen molar-refractivity contribution in [3.05, 3.63) is 28.8 Å². The van der Waals surface area contributed by atoms with E-state index in [1.807, 2.05) is 27.7 Å². The number of fused-ring (bicyclic) bond motifs is 1. The summed E-state index contributed by atoms with van der Waals surface area (Å²) in [6, 6.07) is 2.03. The van der Waals surface area contributed by atoms with Gasteiger partial charge in [-0.2, -0.15) is 0 Å². The molecule has 3 atom stereocenters. The summed E-state index contributed by atoms with van der Waals surface area (Å²) < 4.78 is 10.8. The summed E-state index contributed by atoms with van der Waals surface area (Å²) in [6.45, 7) is 12.0. The summed E-state index contributed by atoms with van der Waals surface area (Å²) in [5.41, 5.74) is 1.76. The maximum atomic E-state index is 12.3. The number of rotatable bonds is 4. The minimum absolute atomic E-state index is 0.0563. The molecule has 1 aliphatic heterocycles. The third-order valence-corrected chi connectivity index (χ3v) is 7.41. The lowest BCUT2D eigenvalue weighted by Crippen LogP contribution is -2.55. The molecule has 3 rings (SSSR count). The van der Waals surface area contributed by atoms with Gasteiger partial charge < -0.3 is 19.5 Å². The van der Waals surface area contributed by atoms with Gasteiger partial charge in [0, 0.05) is 30.0 Å². The van der Waals surface area contributed by atoms with Crippen LogP contribution in [0.25, 0.3) is 6.08 Å². The number of phenolic OH excluding ortho intramolecular Hbond substituents is 1. The SMILES string of the molecule is CC(=O)Oc1cc(/C=C/C(=O)OC(C)(C)C)c(C)c([C@@]23CCCCC2C(C)N(C)CC3)c1O. The fourth-order valence-corrected chi connectivity index (χ4v) is 5.87. The Balaban J connectivity index is 2.15. The van der Waals surface area contributed by atoms with Gasteiger partial charge in [-0.1, -0.05) is 12.8 Å². The van der Waals surface area contributed by atoms with Crippen molar-refractivity contribution < 1.29 is 24.2 Å². The molecule has 6 nitrogen and oxygen atoms in total. The zero-order valence-electron chi connectivity index (χ0n) is 21.2. The molecule has 1 aromatic rings. The van der Waals surface area contributed by atoms with Crippen LogP contribution < -0.4 is 4.74 Å². The Morgan fingerprint density at radius 1 is 1.24 bits per heavy atom. The van der Waals surface area contributed by atoms with E-state index in [1.54, 1.807) is 12.1 Å². The van der Waals surface area contributed by atoms with E-state index in [4.69, 9.17) is 9.47 Å². The van der Waals surface area contributed by atoms with Crippen molar-refractivity contribution in [2.24, 2.45) is 5.92 Å². The van der Waals surface area contributed by atoms with Gasteiger partial charge in [0.05, 0.1) is 0 Å². The third kappa shape index (κ3) is 5.26. The number of nitrogens with zero attached hydrogens (tertiary/aromatic N) is 1. The Bertz CT molecular complexity index is 945. The number of ether oxygens (including phenoxy) is 2. The van der Waals surface area contributed by atoms with Gasteiger partial charge in [-0.05, 0) is 96.7 Å². The number of carbonyl (C=O) groups excluding carboxylic acids is 2. The number of aromatic hydroxyl groups is 1. The number of phenols is 1. The highest BCUT2D eigenvalue weighted by molar-refractivity contribution is 5.88. The summed E-state index contributed by atoms with van der Waals surface area (Å²) in [5.74, 6) is -0.327. The van der Waals surface area contributed by atoms with Gasteiger partial charge >= 0.3 is 11.9 Å². The summed E-state index contributed by atoms with van der Waals surface area (Å²) in [6.07, 6.45) is 8.41. The molecule has 1 saturated heterocycles. The zero-order chi connectivity index (χ0) is 24.6. The largest absolute Gasteiger partial charge is 0.504 e. The molecule has 1 aliphatic carbocycles. The molecule has 1 saturated carbocycles. The van der Waals surface area contributed by atoms with Crippen LogP contribution in [0.15, 0.2) is 12.1 Å². The minimum atomic E-state index is -0.585. The molecule has 0 spiro atoms. The molecule has 2 fully saturated rings. The van der Waals surface area contributed by atoms with Gasteiger partial charge in [0.15, 0.2) is 11.5 Å². The van der Waals surface area contributed by atoms with E-state index in [2.05, 4.69) is 18.9 Å². The first-order valence-corrected chi connectivity index (χ1v) is 12.0. The Kier molecular flexibility index (Phi) is 7.27. The second-order valence-corrected chi connectivity index (χ2v) is 10.8. The van der Waals surface area contributed by atoms with E-state index >= 15 is 0 Å².